The van der Waals surface area contributed by atoms with Gasteiger partial charge >= 0.3 is 0 Å². The van der Waals surface area contributed by atoms with E-state index in [0.717, 1.165) is 0 Å². The predicted molar refractivity (Wildman–Crippen MR) is 75.8 cm³/mol. The second-order valence-electron chi connectivity index (χ2n) is 7.04. The van der Waals surface area contributed by atoms with Gasteiger partial charge in [0.1, 0.15) is 0 Å². The van der Waals surface area contributed by atoms with Gasteiger partial charge in [0, 0.05) is 0 Å². The second kappa shape index (κ2) is 7.35. The molecule has 0 nitrogen and oxygen atoms in total. The topological polar surface area (TPSA) is 0 Å². The van der Waals surface area contributed by atoms with Crippen molar-refractivity contribution in [3.63, 3.8) is 0 Å². The van der Waals surface area contributed by atoms with E-state index in [1.54, 1.807) is 0 Å². The van der Waals surface area contributed by atoms with Gasteiger partial charge in [0.05, 0.1) is 0 Å². The van der Waals surface area contributed by atoms with Gasteiger partial charge < -0.3 is 0 Å². The van der Waals surface area contributed by atoms with Crippen LogP contribution in [0.25, 0.3) is 0 Å². The van der Waals surface area contributed by atoms with E-state index in [0.29, 0.717) is 10.8 Å². The lowest BCUT2D eigenvalue weighted by molar-refractivity contribution is 0.240. The molecule has 0 unspecified atom stereocenters. The summed E-state index contributed by atoms with van der Waals surface area (Å²) in [7, 11) is 0. The monoisotopic (exact) mass is 226 g/mol. The zero-order valence-electron chi connectivity index (χ0n) is 12.7. The molecule has 0 bridgehead atoms. The standard InChI is InChI=1S/C16H34/c1-7-9-12-16(5,6)14-10-13-15(3,4)11-8-2/h7-14H2,1-6H3. The summed E-state index contributed by atoms with van der Waals surface area (Å²) in [6.07, 6.45) is 11.0. The Hall–Kier alpha value is 0. The summed E-state index contributed by atoms with van der Waals surface area (Å²) >= 11 is 0. The van der Waals surface area contributed by atoms with Gasteiger partial charge in [-0.05, 0) is 36.5 Å². The minimum atomic E-state index is 0.565. The molecule has 0 heterocycles. The number of hydrogen-bond acceptors (Lipinski definition) is 0. The summed E-state index contributed by atoms with van der Waals surface area (Å²) in [5.74, 6) is 0. The van der Waals surface area contributed by atoms with Crippen LogP contribution >= 0.6 is 0 Å². The Morgan fingerprint density at radius 1 is 0.562 bits per heavy atom. The molecule has 0 rings (SSSR count). The van der Waals surface area contributed by atoms with E-state index in [9.17, 15) is 0 Å². The molecule has 16 heavy (non-hydrogen) atoms. The van der Waals surface area contributed by atoms with Crippen molar-refractivity contribution in [3.05, 3.63) is 0 Å². The van der Waals surface area contributed by atoms with Crippen LogP contribution in [0.1, 0.15) is 92.9 Å². The maximum absolute atomic E-state index is 2.44. The molecule has 98 valence electrons. The fraction of sp³-hybridized carbons (Fsp3) is 1.00. The molecule has 0 radical (unpaired) electrons. The Bertz CT molecular complexity index is 165. The maximum Gasteiger partial charge on any atom is -0.0354 e. The molecule has 0 atom stereocenters. The van der Waals surface area contributed by atoms with E-state index >= 15 is 0 Å². The van der Waals surface area contributed by atoms with E-state index in [2.05, 4.69) is 41.5 Å². The third-order valence-electron chi connectivity index (χ3n) is 3.84. The van der Waals surface area contributed by atoms with Gasteiger partial charge in [-0.15, -0.1) is 0 Å². The molecule has 0 aliphatic heterocycles. The summed E-state index contributed by atoms with van der Waals surface area (Å²) < 4.78 is 0. The zero-order chi connectivity index (χ0) is 12.7. The lowest BCUT2D eigenvalue weighted by atomic mass is 9.77. The van der Waals surface area contributed by atoms with E-state index < -0.39 is 0 Å². The van der Waals surface area contributed by atoms with Crippen LogP contribution in [0.2, 0.25) is 0 Å². The minimum Gasteiger partial charge on any atom is -0.0654 e. The van der Waals surface area contributed by atoms with Crippen molar-refractivity contribution in [2.24, 2.45) is 10.8 Å². The van der Waals surface area contributed by atoms with E-state index in [1.807, 2.05) is 0 Å². The highest BCUT2D eigenvalue weighted by Crippen LogP contribution is 2.34. The van der Waals surface area contributed by atoms with Crippen LogP contribution in [0.4, 0.5) is 0 Å². The minimum absolute atomic E-state index is 0.565. The van der Waals surface area contributed by atoms with Crippen LogP contribution in [0.15, 0.2) is 0 Å². The van der Waals surface area contributed by atoms with Crippen LogP contribution in [-0.2, 0) is 0 Å². The summed E-state index contributed by atoms with van der Waals surface area (Å²) in [6, 6.07) is 0. The lowest BCUT2D eigenvalue weighted by Crippen LogP contribution is -2.15. The van der Waals surface area contributed by atoms with E-state index in [-0.39, 0.29) is 0 Å². The smallest absolute Gasteiger partial charge is 0.0354 e. The Morgan fingerprint density at radius 2 is 1.00 bits per heavy atom. The van der Waals surface area contributed by atoms with Crippen molar-refractivity contribution in [2.75, 3.05) is 0 Å². The van der Waals surface area contributed by atoms with Crippen LogP contribution in [0.5, 0.6) is 0 Å². The van der Waals surface area contributed by atoms with Gasteiger partial charge in [-0.2, -0.15) is 0 Å². The van der Waals surface area contributed by atoms with Crippen LogP contribution in [0, 0.1) is 10.8 Å². The summed E-state index contributed by atoms with van der Waals surface area (Å²) in [5.41, 5.74) is 1.13. The molecule has 0 saturated carbocycles. The highest BCUT2D eigenvalue weighted by Gasteiger charge is 2.20. The van der Waals surface area contributed by atoms with Crippen molar-refractivity contribution in [1.82, 2.24) is 0 Å². The highest BCUT2D eigenvalue weighted by molar-refractivity contribution is 4.73. The molecule has 0 aromatic rings. The zero-order valence-corrected chi connectivity index (χ0v) is 12.7. The molecule has 0 saturated heterocycles. The molecule has 0 aliphatic carbocycles. The molecule has 0 aliphatic rings. The molecular weight excluding hydrogens is 192 g/mol. The van der Waals surface area contributed by atoms with Crippen molar-refractivity contribution < 1.29 is 0 Å². The fourth-order valence-corrected chi connectivity index (χ4v) is 2.63. The summed E-state index contributed by atoms with van der Waals surface area (Å²) in [4.78, 5) is 0. The Labute approximate surface area is 104 Å². The van der Waals surface area contributed by atoms with Crippen LogP contribution in [0.3, 0.4) is 0 Å². The van der Waals surface area contributed by atoms with Crippen LogP contribution < -0.4 is 0 Å². The molecule has 0 aromatic heterocycles. The molecule has 0 fully saturated rings. The largest absolute Gasteiger partial charge is 0.0654 e. The van der Waals surface area contributed by atoms with Gasteiger partial charge in [0.25, 0.3) is 0 Å². The van der Waals surface area contributed by atoms with Crippen molar-refractivity contribution in [1.29, 1.82) is 0 Å². The van der Waals surface area contributed by atoms with E-state index in [4.69, 9.17) is 0 Å². The first kappa shape index (κ1) is 16.0. The molecule has 0 amide bonds. The quantitative estimate of drug-likeness (QED) is 0.439. The van der Waals surface area contributed by atoms with Crippen LogP contribution in [-0.4, -0.2) is 0 Å². The first-order chi connectivity index (χ1) is 7.33. The maximum atomic E-state index is 2.44. The Kier molecular flexibility index (Phi) is 7.35. The average Bonchev–Trinajstić information content (AvgIpc) is 2.14. The van der Waals surface area contributed by atoms with Crippen molar-refractivity contribution in [3.8, 4) is 0 Å². The van der Waals surface area contributed by atoms with Crippen molar-refractivity contribution >= 4 is 0 Å². The van der Waals surface area contributed by atoms with Crippen molar-refractivity contribution in [2.45, 2.75) is 92.9 Å². The molecular formula is C16H34. The number of rotatable bonds is 9. The van der Waals surface area contributed by atoms with Gasteiger partial charge in [-0.25, -0.2) is 0 Å². The van der Waals surface area contributed by atoms with Gasteiger partial charge in [0.2, 0.25) is 0 Å². The predicted octanol–water partition coefficient (Wildman–Crippen LogP) is 6.20. The molecule has 0 N–H and O–H groups in total. The summed E-state index contributed by atoms with van der Waals surface area (Å²) in [5, 5.41) is 0. The summed E-state index contributed by atoms with van der Waals surface area (Å²) in [6.45, 7) is 14.3. The van der Waals surface area contributed by atoms with Gasteiger partial charge in [-0.3, -0.25) is 0 Å². The van der Waals surface area contributed by atoms with Gasteiger partial charge in [0.15, 0.2) is 0 Å². The second-order valence-corrected chi connectivity index (χ2v) is 7.04. The molecule has 0 spiro atoms. The van der Waals surface area contributed by atoms with E-state index in [1.165, 1.54) is 51.4 Å². The Morgan fingerprint density at radius 3 is 1.44 bits per heavy atom. The normalized spacial score (nSPS) is 13.1. The third-order valence-corrected chi connectivity index (χ3v) is 3.84. The molecule has 0 heteroatoms. The first-order valence-electron chi connectivity index (χ1n) is 7.33. The van der Waals surface area contributed by atoms with Gasteiger partial charge in [-0.1, -0.05) is 67.2 Å². The fourth-order valence-electron chi connectivity index (χ4n) is 2.63. The lowest BCUT2D eigenvalue weighted by Gasteiger charge is -2.28. The SMILES string of the molecule is CCCCC(C)(C)CCCC(C)(C)CCC. The molecule has 0 aromatic carbocycles. The average molecular weight is 226 g/mol. The number of hydrogen-bond donors (Lipinski definition) is 0. The third kappa shape index (κ3) is 8.19. The Balaban J connectivity index is 3.78. The number of unbranched alkanes of at least 4 members (excludes halogenated alkanes) is 1. The first-order valence-corrected chi connectivity index (χ1v) is 7.33. The highest BCUT2D eigenvalue weighted by atomic mass is 14.3.